The largest absolute Gasteiger partial charge is 0.396 e. The van der Waals surface area contributed by atoms with E-state index in [0.717, 1.165) is 12.8 Å². The lowest BCUT2D eigenvalue weighted by Gasteiger charge is -2.10. The fourth-order valence-electron chi connectivity index (χ4n) is 2.01. The molecule has 2 N–H and O–H groups in total. The van der Waals surface area contributed by atoms with E-state index in [4.69, 9.17) is 5.11 Å². The molecule has 0 heterocycles. The zero-order valence-electron chi connectivity index (χ0n) is 12.9. The minimum absolute atomic E-state index is 0.0524. The number of benzene rings is 1. The van der Waals surface area contributed by atoms with E-state index in [1.807, 2.05) is 6.92 Å². The molecule has 0 spiro atoms. The molecule has 1 aromatic carbocycles. The molecular weight excluding hydrogens is 250 g/mol. The van der Waals surface area contributed by atoms with Crippen molar-refractivity contribution in [1.29, 1.82) is 0 Å². The maximum absolute atomic E-state index is 11.7. The predicted octanol–water partition coefficient (Wildman–Crippen LogP) is 2.56. The number of carbonyl (C=O) groups excluding carboxylic acids is 1. The Morgan fingerprint density at radius 2 is 1.75 bits per heavy atom. The molecule has 112 valence electrons. The molecule has 0 aliphatic carbocycles. The molecule has 0 bridgehead atoms. The van der Waals surface area contributed by atoms with Gasteiger partial charge in [-0.3, -0.25) is 4.79 Å². The first-order valence-electron chi connectivity index (χ1n) is 7.46. The van der Waals surface area contributed by atoms with Gasteiger partial charge in [0.25, 0.3) is 0 Å². The first kappa shape index (κ1) is 16.7. The lowest BCUT2D eigenvalue weighted by Crippen LogP contribution is -2.29. The molecule has 0 aromatic heterocycles. The Morgan fingerprint density at radius 1 is 1.15 bits per heavy atom. The van der Waals surface area contributed by atoms with Crippen LogP contribution in [-0.4, -0.2) is 24.2 Å². The Labute approximate surface area is 122 Å². The Balaban J connectivity index is 2.32. The van der Waals surface area contributed by atoms with Crippen LogP contribution < -0.4 is 5.32 Å². The van der Waals surface area contributed by atoms with Gasteiger partial charge in [0.1, 0.15) is 0 Å². The monoisotopic (exact) mass is 277 g/mol. The van der Waals surface area contributed by atoms with Crippen molar-refractivity contribution in [3.05, 3.63) is 35.4 Å². The highest BCUT2D eigenvalue weighted by Crippen LogP contribution is 2.11. The first-order valence-corrected chi connectivity index (χ1v) is 7.46. The van der Waals surface area contributed by atoms with E-state index >= 15 is 0 Å². The SMILES string of the molecule is CC(C)Cc1ccc(CCC(=O)NCC(C)CO)cc1. The number of hydrogen-bond acceptors (Lipinski definition) is 2. The van der Waals surface area contributed by atoms with Gasteiger partial charge in [0, 0.05) is 19.6 Å². The molecule has 1 amide bonds. The zero-order chi connectivity index (χ0) is 15.0. The van der Waals surface area contributed by atoms with Gasteiger partial charge >= 0.3 is 0 Å². The Bertz CT molecular complexity index is 398. The minimum Gasteiger partial charge on any atom is -0.396 e. The first-order chi connectivity index (χ1) is 9.51. The van der Waals surface area contributed by atoms with E-state index < -0.39 is 0 Å². The number of aryl methyl sites for hydroxylation is 1. The van der Waals surface area contributed by atoms with Crippen molar-refractivity contribution < 1.29 is 9.90 Å². The second-order valence-corrected chi connectivity index (χ2v) is 6.01. The summed E-state index contributed by atoms with van der Waals surface area (Å²) in [6, 6.07) is 8.53. The Hall–Kier alpha value is -1.35. The maximum Gasteiger partial charge on any atom is 0.220 e. The fraction of sp³-hybridized carbons (Fsp3) is 0.588. The summed E-state index contributed by atoms with van der Waals surface area (Å²) in [6.45, 7) is 6.99. The van der Waals surface area contributed by atoms with Gasteiger partial charge in [0.05, 0.1) is 0 Å². The van der Waals surface area contributed by atoms with Gasteiger partial charge < -0.3 is 10.4 Å². The van der Waals surface area contributed by atoms with Crippen molar-refractivity contribution >= 4 is 5.91 Å². The van der Waals surface area contributed by atoms with Crippen molar-refractivity contribution in [1.82, 2.24) is 5.32 Å². The molecule has 0 fully saturated rings. The summed E-state index contributed by atoms with van der Waals surface area (Å²) in [5.74, 6) is 0.839. The standard InChI is InChI=1S/C17H27NO2/c1-13(2)10-16-6-4-15(5-7-16)8-9-17(20)18-11-14(3)12-19/h4-7,13-14,19H,8-12H2,1-3H3,(H,18,20). The van der Waals surface area contributed by atoms with Gasteiger partial charge in [0.15, 0.2) is 0 Å². The minimum atomic E-state index is 0.0524. The van der Waals surface area contributed by atoms with Gasteiger partial charge in [-0.2, -0.15) is 0 Å². The van der Waals surface area contributed by atoms with Crippen LogP contribution in [0.3, 0.4) is 0 Å². The van der Waals surface area contributed by atoms with Crippen LogP contribution in [0.15, 0.2) is 24.3 Å². The van der Waals surface area contributed by atoms with Crippen LogP contribution in [0.1, 0.15) is 38.3 Å². The number of aliphatic hydroxyl groups excluding tert-OH is 1. The summed E-state index contributed by atoms with van der Waals surface area (Å²) in [5.41, 5.74) is 2.55. The highest BCUT2D eigenvalue weighted by atomic mass is 16.3. The molecule has 3 nitrogen and oxygen atoms in total. The van der Waals surface area contributed by atoms with Crippen LogP contribution in [0, 0.1) is 11.8 Å². The van der Waals surface area contributed by atoms with Gasteiger partial charge in [0.2, 0.25) is 5.91 Å². The summed E-state index contributed by atoms with van der Waals surface area (Å²) >= 11 is 0. The molecule has 0 saturated carbocycles. The van der Waals surface area contributed by atoms with Crippen LogP contribution in [0.2, 0.25) is 0 Å². The molecule has 20 heavy (non-hydrogen) atoms. The summed E-state index contributed by atoms with van der Waals surface area (Å²) in [4.78, 5) is 11.7. The highest BCUT2D eigenvalue weighted by Gasteiger charge is 2.05. The lowest BCUT2D eigenvalue weighted by molar-refractivity contribution is -0.121. The number of amides is 1. The van der Waals surface area contributed by atoms with Gasteiger partial charge in [-0.05, 0) is 35.8 Å². The molecule has 1 atom stereocenters. The highest BCUT2D eigenvalue weighted by molar-refractivity contribution is 5.76. The summed E-state index contributed by atoms with van der Waals surface area (Å²) in [6.07, 6.45) is 2.36. The fourth-order valence-corrected chi connectivity index (χ4v) is 2.01. The van der Waals surface area contributed by atoms with Crippen molar-refractivity contribution in [2.45, 2.75) is 40.0 Å². The summed E-state index contributed by atoms with van der Waals surface area (Å²) in [7, 11) is 0. The predicted molar refractivity (Wildman–Crippen MR) is 82.6 cm³/mol. The average Bonchev–Trinajstić information content (AvgIpc) is 2.43. The van der Waals surface area contributed by atoms with Crippen LogP contribution in [-0.2, 0) is 17.6 Å². The summed E-state index contributed by atoms with van der Waals surface area (Å²) in [5, 5.41) is 11.7. The normalized spacial score (nSPS) is 12.4. The molecule has 0 aliphatic heterocycles. The van der Waals surface area contributed by atoms with E-state index in [0.29, 0.717) is 18.9 Å². The van der Waals surface area contributed by atoms with Gasteiger partial charge in [-0.25, -0.2) is 0 Å². The van der Waals surface area contributed by atoms with Crippen molar-refractivity contribution in [3.63, 3.8) is 0 Å². The number of rotatable bonds is 8. The van der Waals surface area contributed by atoms with Crippen LogP contribution in [0.25, 0.3) is 0 Å². The van der Waals surface area contributed by atoms with Crippen LogP contribution >= 0.6 is 0 Å². The number of aliphatic hydroxyl groups is 1. The molecule has 0 saturated heterocycles. The third kappa shape index (κ3) is 6.71. The van der Waals surface area contributed by atoms with Gasteiger partial charge in [-0.1, -0.05) is 45.0 Å². The second kappa shape index (κ2) is 8.75. The van der Waals surface area contributed by atoms with E-state index in [9.17, 15) is 4.79 Å². The van der Waals surface area contributed by atoms with E-state index in [2.05, 4.69) is 43.4 Å². The summed E-state index contributed by atoms with van der Waals surface area (Å²) < 4.78 is 0. The number of hydrogen-bond donors (Lipinski definition) is 2. The molecule has 3 heteroatoms. The average molecular weight is 277 g/mol. The molecule has 1 aromatic rings. The number of carbonyl (C=O) groups is 1. The molecule has 1 rings (SSSR count). The molecule has 0 radical (unpaired) electrons. The Morgan fingerprint density at radius 3 is 2.30 bits per heavy atom. The van der Waals surface area contributed by atoms with Gasteiger partial charge in [-0.15, -0.1) is 0 Å². The number of nitrogens with one attached hydrogen (secondary N) is 1. The topological polar surface area (TPSA) is 49.3 Å². The van der Waals surface area contributed by atoms with Crippen LogP contribution in [0.5, 0.6) is 0 Å². The smallest absolute Gasteiger partial charge is 0.220 e. The Kier molecular flexibility index (Phi) is 7.31. The van der Waals surface area contributed by atoms with Crippen molar-refractivity contribution in [3.8, 4) is 0 Å². The van der Waals surface area contributed by atoms with E-state index in [1.54, 1.807) is 0 Å². The van der Waals surface area contributed by atoms with Crippen LogP contribution in [0.4, 0.5) is 0 Å². The van der Waals surface area contributed by atoms with Crippen molar-refractivity contribution in [2.75, 3.05) is 13.2 Å². The third-order valence-corrected chi connectivity index (χ3v) is 3.27. The second-order valence-electron chi connectivity index (χ2n) is 6.01. The molecule has 1 unspecified atom stereocenters. The van der Waals surface area contributed by atoms with E-state index in [-0.39, 0.29) is 18.4 Å². The van der Waals surface area contributed by atoms with E-state index in [1.165, 1.54) is 11.1 Å². The lowest BCUT2D eigenvalue weighted by atomic mass is 10.0. The third-order valence-electron chi connectivity index (χ3n) is 3.27. The van der Waals surface area contributed by atoms with Crippen molar-refractivity contribution in [2.24, 2.45) is 11.8 Å². The molecule has 0 aliphatic rings. The maximum atomic E-state index is 11.7. The molecular formula is C17H27NO2. The zero-order valence-corrected chi connectivity index (χ0v) is 12.9. The quantitative estimate of drug-likeness (QED) is 0.767.